The van der Waals surface area contributed by atoms with E-state index >= 15 is 0 Å². The zero-order valence-corrected chi connectivity index (χ0v) is 14.0. The summed E-state index contributed by atoms with van der Waals surface area (Å²) in [6.07, 6.45) is 1.07. The van der Waals surface area contributed by atoms with Gasteiger partial charge in [-0.2, -0.15) is 0 Å². The molecule has 2 aromatic carbocycles. The highest BCUT2D eigenvalue weighted by Gasteiger charge is 2.50. The first kappa shape index (κ1) is 17.3. The summed E-state index contributed by atoms with van der Waals surface area (Å²) in [6, 6.07) is 9.67. The summed E-state index contributed by atoms with van der Waals surface area (Å²) in [7, 11) is 0. The molecule has 1 amide bonds. The normalized spacial score (nSPS) is 19.0. The van der Waals surface area contributed by atoms with Crippen molar-refractivity contribution in [3.8, 4) is 0 Å². The summed E-state index contributed by atoms with van der Waals surface area (Å²) in [5.41, 5.74) is -1.03. The van der Waals surface area contributed by atoms with Crippen LogP contribution in [0.3, 0.4) is 0 Å². The molecule has 0 saturated heterocycles. The van der Waals surface area contributed by atoms with Gasteiger partial charge in [-0.05, 0) is 42.5 Å². The maximum atomic E-state index is 13.0. The molecule has 0 radical (unpaired) electrons. The van der Waals surface area contributed by atoms with Crippen molar-refractivity contribution in [3.05, 3.63) is 77.1 Å². The molecule has 0 aliphatic carbocycles. The number of amides is 1. The third-order valence-electron chi connectivity index (χ3n) is 4.19. The van der Waals surface area contributed by atoms with Crippen LogP contribution >= 0.6 is 11.6 Å². The van der Waals surface area contributed by atoms with Gasteiger partial charge in [0.2, 0.25) is 0 Å². The molecule has 1 atom stereocenters. The quantitative estimate of drug-likeness (QED) is 0.657. The van der Waals surface area contributed by atoms with E-state index in [1.807, 2.05) is 0 Å². The fourth-order valence-corrected chi connectivity index (χ4v) is 3.15. The molecule has 0 unspecified atom stereocenters. The highest BCUT2D eigenvalue weighted by molar-refractivity contribution is 6.31. The molecule has 1 aliphatic rings. The molecule has 0 saturated carbocycles. The zero-order valence-electron chi connectivity index (χ0n) is 13.2. The number of ketones is 1. The van der Waals surface area contributed by atoms with Gasteiger partial charge < -0.3 is 10.0 Å². The monoisotopic (exact) mass is 359 g/mol. The van der Waals surface area contributed by atoms with Gasteiger partial charge in [-0.1, -0.05) is 17.7 Å². The molecule has 3 rings (SSSR count). The van der Waals surface area contributed by atoms with Crippen LogP contribution in [-0.4, -0.2) is 23.3 Å². The number of halogens is 2. The molecule has 25 heavy (non-hydrogen) atoms. The van der Waals surface area contributed by atoms with Gasteiger partial charge >= 0.3 is 0 Å². The minimum Gasteiger partial charge on any atom is -0.375 e. The summed E-state index contributed by atoms with van der Waals surface area (Å²) in [4.78, 5) is 26.7. The Morgan fingerprint density at radius 2 is 1.96 bits per heavy atom. The molecule has 6 heteroatoms. The van der Waals surface area contributed by atoms with Gasteiger partial charge in [0, 0.05) is 22.7 Å². The average Bonchev–Trinajstić information content (AvgIpc) is 2.77. The van der Waals surface area contributed by atoms with Gasteiger partial charge in [-0.25, -0.2) is 4.39 Å². The Morgan fingerprint density at radius 1 is 1.28 bits per heavy atom. The summed E-state index contributed by atoms with van der Waals surface area (Å²) in [6.45, 7) is 3.80. The highest BCUT2D eigenvalue weighted by Crippen LogP contribution is 2.44. The number of rotatable bonds is 5. The molecule has 2 aromatic rings. The van der Waals surface area contributed by atoms with E-state index < -0.39 is 29.5 Å². The average molecular weight is 360 g/mol. The topological polar surface area (TPSA) is 57.6 Å². The van der Waals surface area contributed by atoms with Crippen molar-refractivity contribution in [2.45, 2.75) is 12.0 Å². The minimum absolute atomic E-state index is 0.195. The van der Waals surface area contributed by atoms with Gasteiger partial charge in [0.25, 0.3) is 5.91 Å². The van der Waals surface area contributed by atoms with Crippen LogP contribution in [0.5, 0.6) is 0 Å². The summed E-state index contributed by atoms with van der Waals surface area (Å²) < 4.78 is 13.0. The van der Waals surface area contributed by atoms with Crippen LogP contribution in [0.25, 0.3) is 0 Å². The number of Topliss-reactive ketones (excluding diaryl/α,β-unsaturated/α-hetero) is 1. The van der Waals surface area contributed by atoms with Crippen LogP contribution in [0.1, 0.15) is 22.3 Å². The van der Waals surface area contributed by atoms with Gasteiger partial charge in [0.05, 0.1) is 12.1 Å². The van der Waals surface area contributed by atoms with Crippen molar-refractivity contribution in [3.63, 3.8) is 0 Å². The highest BCUT2D eigenvalue weighted by atomic mass is 35.5. The van der Waals surface area contributed by atoms with Crippen molar-refractivity contribution in [2.24, 2.45) is 0 Å². The Bertz CT molecular complexity index is 865. The Labute approximate surface area is 149 Å². The smallest absolute Gasteiger partial charge is 0.264 e. The molecular weight excluding hydrogens is 345 g/mol. The molecule has 0 spiro atoms. The second-order valence-corrected chi connectivity index (χ2v) is 6.27. The number of benzene rings is 2. The van der Waals surface area contributed by atoms with Gasteiger partial charge in [0.1, 0.15) is 5.82 Å². The van der Waals surface area contributed by atoms with Crippen molar-refractivity contribution in [1.82, 2.24) is 0 Å². The molecular formula is C19H15ClFNO3. The van der Waals surface area contributed by atoms with E-state index in [2.05, 4.69) is 6.58 Å². The van der Waals surface area contributed by atoms with E-state index in [1.54, 1.807) is 12.1 Å². The molecule has 1 N–H and O–H groups in total. The predicted molar refractivity (Wildman–Crippen MR) is 93.2 cm³/mol. The Balaban J connectivity index is 2.00. The number of nitrogens with zero attached hydrogens (tertiary/aromatic N) is 1. The summed E-state index contributed by atoms with van der Waals surface area (Å²) >= 11 is 6.01. The lowest BCUT2D eigenvalue weighted by molar-refractivity contribution is -0.135. The third-order valence-corrected chi connectivity index (χ3v) is 4.42. The zero-order chi connectivity index (χ0) is 18.2. The number of carbonyl (C=O) groups is 2. The molecule has 1 heterocycles. The van der Waals surface area contributed by atoms with Crippen LogP contribution < -0.4 is 4.90 Å². The van der Waals surface area contributed by atoms with Crippen molar-refractivity contribution >= 4 is 29.0 Å². The molecule has 0 fully saturated rings. The standard InChI is InChI=1S/C19H15ClFNO3/c1-2-9-22-16-8-5-13(20)10-15(16)19(25,18(22)24)11-17(23)12-3-6-14(21)7-4-12/h2-8,10,25H,1,9,11H2/t19-/m0/s1. The first-order valence-electron chi connectivity index (χ1n) is 7.61. The van der Waals surface area contributed by atoms with E-state index in [0.717, 1.165) is 12.1 Å². The van der Waals surface area contributed by atoms with E-state index in [4.69, 9.17) is 11.6 Å². The number of hydrogen-bond donors (Lipinski definition) is 1. The summed E-state index contributed by atoms with van der Waals surface area (Å²) in [5.74, 6) is -1.55. The fraction of sp³-hybridized carbons (Fsp3) is 0.158. The Kier molecular flexibility index (Phi) is 4.45. The number of aliphatic hydroxyl groups is 1. The molecule has 0 bridgehead atoms. The van der Waals surface area contributed by atoms with Crippen LogP contribution in [0.15, 0.2) is 55.1 Å². The first-order valence-corrected chi connectivity index (χ1v) is 7.98. The Morgan fingerprint density at radius 3 is 2.60 bits per heavy atom. The molecule has 0 aromatic heterocycles. The lowest BCUT2D eigenvalue weighted by Crippen LogP contribution is -2.41. The van der Waals surface area contributed by atoms with Gasteiger partial charge in [-0.15, -0.1) is 6.58 Å². The lowest BCUT2D eigenvalue weighted by Gasteiger charge is -2.22. The van der Waals surface area contributed by atoms with Gasteiger partial charge in [0.15, 0.2) is 11.4 Å². The number of carbonyl (C=O) groups excluding carboxylic acids is 2. The van der Waals surface area contributed by atoms with Crippen LogP contribution in [0.4, 0.5) is 10.1 Å². The molecule has 4 nitrogen and oxygen atoms in total. The maximum absolute atomic E-state index is 13.0. The number of hydrogen-bond acceptors (Lipinski definition) is 3. The van der Waals surface area contributed by atoms with Crippen molar-refractivity contribution in [2.75, 3.05) is 11.4 Å². The SMILES string of the molecule is C=CCN1C(=O)[C@](O)(CC(=O)c2ccc(F)cc2)c2cc(Cl)ccc21. The molecule has 128 valence electrons. The second kappa shape index (κ2) is 6.43. The van der Waals surface area contributed by atoms with Gasteiger partial charge in [-0.3, -0.25) is 9.59 Å². The van der Waals surface area contributed by atoms with Crippen molar-refractivity contribution in [1.29, 1.82) is 0 Å². The lowest BCUT2D eigenvalue weighted by atomic mass is 9.88. The third kappa shape index (κ3) is 2.97. The predicted octanol–water partition coefficient (Wildman–Crippen LogP) is 3.47. The maximum Gasteiger partial charge on any atom is 0.264 e. The van der Waals surface area contributed by atoms with Crippen LogP contribution in [0, 0.1) is 5.82 Å². The second-order valence-electron chi connectivity index (χ2n) is 5.83. The van der Waals surface area contributed by atoms with Crippen LogP contribution in [-0.2, 0) is 10.4 Å². The largest absolute Gasteiger partial charge is 0.375 e. The molecule has 1 aliphatic heterocycles. The van der Waals surface area contributed by atoms with E-state index in [9.17, 15) is 19.1 Å². The van der Waals surface area contributed by atoms with E-state index in [0.29, 0.717) is 10.7 Å². The number of anilines is 1. The summed E-state index contributed by atoms with van der Waals surface area (Å²) in [5, 5.41) is 11.4. The fourth-order valence-electron chi connectivity index (χ4n) is 2.97. The van der Waals surface area contributed by atoms with E-state index in [1.165, 1.54) is 29.2 Å². The van der Waals surface area contributed by atoms with Crippen molar-refractivity contribution < 1.29 is 19.1 Å². The minimum atomic E-state index is -2.02. The van der Waals surface area contributed by atoms with E-state index in [-0.39, 0.29) is 17.7 Å². The van der Waals surface area contributed by atoms with Crippen LogP contribution in [0.2, 0.25) is 5.02 Å². The first-order chi connectivity index (χ1) is 11.9. The number of fused-ring (bicyclic) bond motifs is 1. The Hall–Kier alpha value is -2.50.